The summed E-state index contributed by atoms with van der Waals surface area (Å²) >= 11 is 0. The second-order valence-corrected chi connectivity index (χ2v) is 4.12. The third-order valence-corrected chi connectivity index (χ3v) is 2.69. The Kier molecular flexibility index (Phi) is 2.12. The van der Waals surface area contributed by atoms with Crippen molar-refractivity contribution in [3.8, 4) is 0 Å². The fraction of sp³-hybridized carbons (Fsp3) is 0.700. The summed E-state index contributed by atoms with van der Waals surface area (Å²) in [5.41, 5.74) is 1.51. The van der Waals surface area contributed by atoms with E-state index in [1.165, 1.54) is 12.8 Å². The molecule has 0 atom stereocenters. The molecule has 3 nitrogen and oxygen atoms in total. The first kappa shape index (κ1) is 8.75. The van der Waals surface area contributed by atoms with Gasteiger partial charge in [0.05, 0.1) is 18.6 Å². The van der Waals surface area contributed by atoms with Crippen molar-refractivity contribution in [1.82, 2.24) is 9.55 Å². The van der Waals surface area contributed by atoms with Crippen LogP contribution >= 0.6 is 0 Å². The summed E-state index contributed by atoms with van der Waals surface area (Å²) in [6.07, 6.45) is 6.58. The molecule has 13 heavy (non-hydrogen) atoms. The largest absolute Gasteiger partial charge is 0.384 e. The van der Waals surface area contributed by atoms with Crippen molar-refractivity contribution >= 4 is 0 Å². The third-order valence-electron chi connectivity index (χ3n) is 2.69. The van der Waals surface area contributed by atoms with E-state index in [0.29, 0.717) is 5.41 Å². The van der Waals surface area contributed by atoms with Crippen LogP contribution in [0.25, 0.3) is 0 Å². The van der Waals surface area contributed by atoms with Crippen LogP contribution in [0.2, 0.25) is 0 Å². The van der Waals surface area contributed by atoms with Gasteiger partial charge in [0.1, 0.15) is 0 Å². The molecule has 3 heteroatoms. The second-order valence-electron chi connectivity index (χ2n) is 4.12. The highest BCUT2D eigenvalue weighted by Crippen LogP contribution is 2.47. The Morgan fingerprint density at radius 1 is 1.62 bits per heavy atom. The first-order valence-corrected chi connectivity index (χ1v) is 4.71. The average molecular weight is 180 g/mol. The minimum atomic E-state index is 0.419. The number of hydrogen-bond donors (Lipinski definition) is 0. The second kappa shape index (κ2) is 3.14. The van der Waals surface area contributed by atoms with Gasteiger partial charge in [-0.1, -0.05) is 0 Å². The van der Waals surface area contributed by atoms with Crippen LogP contribution in [-0.4, -0.2) is 23.3 Å². The molecule has 1 aliphatic carbocycles. The van der Waals surface area contributed by atoms with E-state index in [0.717, 1.165) is 18.8 Å². The zero-order chi connectivity index (χ0) is 9.31. The average Bonchev–Trinajstić information content (AvgIpc) is 2.70. The van der Waals surface area contributed by atoms with E-state index in [1.54, 1.807) is 7.11 Å². The number of aryl methyl sites for hydroxylation is 1. The molecule has 0 aromatic carbocycles. The van der Waals surface area contributed by atoms with Gasteiger partial charge in [0, 0.05) is 25.3 Å². The molecule has 0 bridgehead atoms. The fourth-order valence-corrected chi connectivity index (χ4v) is 1.78. The molecule has 0 radical (unpaired) electrons. The SMILES string of the molecule is COCC1(Cn2cnc(C)c2)CC1. The van der Waals surface area contributed by atoms with E-state index in [-0.39, 0.29) is 0 Å². The lowest BCUT2D eigenvalue weighted by molar-refractivity contribution is 0.131. The van der Waals surface area contributed by atoms with E-state index in [1.807, 2.05) is 13.3 Å². The lowest BCUT2D eigenvalue weighted by atomic mass is 10.1. The van der Waals surface area contributed by atoms with Crippen LogP contribution in [0, 0.1) is 12.3 Å². The van der Waals surface area contributed by atoms with E-state index in [4.69, 9.17) is 4.74 Å². The molecule has 0 aliphatic heterocycles. The smallest absolute Gasteiger partial charge is 0.0949 e. The van der Waals surface area contributed by atoms with Crippen molar-refractivity contribution in [2.75, 3.05) is 13.7 Å². The summed E-state index contributed by atoms with van der Waals surface area (Å²) in [5.74, 6) is 0. The van der Waals surface area contributed by atoms with E-state index in [2.05, 4.69) is 15.7 Å². The van der Waals surface area contributed by atoms with Crippen LogP contribution < -0.4 is 0 Å². The summed E-state index contributed by atoms with van der Waals surface area (Å²) < 4.78 is 7.38. The normalized spacial score (nSPS) is 18.9. The van der Waals surface area contributed by atoms with Gasteiger partial charge in [-0.15, -0.1) is 0 Å². The van der Waals surface area contributed by atoms with Gasteiger partial charge in [-0.3, -0.25) is 0 Å². The maximum atomic E-state index is 5.21. The van der Waals surface area contributed by atoms with Gasteiger partial charge in [0.25, 0.3) is 0 Å². The first-order valence-electron chi connectivity index (χ1n) is 4.71. The fourth-order valence-electron chi connectivity index (χ4n) is 1.78. The Morgan fingerprint density at radius 2 is 2.38 bits per heavy atom. The molecule has 0 amide bonds. The lowest BCUT2D eigenvalue weighted by Crippen LogP contribution is -2.16. The van der Waals surface area contributed by atoms with Gasteiger partial charge in [0.15, 0.2) is 0 Å². The molecular formula is C10H16N2O. The quantitative estimate of drug-likeness (QED) is 0.704. The van der Waals surface area contributed by atoms with Crippen molar-refractivity contribution in [3.63, 3.8) is 0 Å². The minimum Gasteiger partial charge on any atom is -0.384 e. The van der Waals surface area contributed by atoms with Crippen molar-refractivity contribution < 1.29 is 4.74 Å². The number of imidazole rings is 1. The number of ether oxygens (including phenoxy) is 1. The molecule has 1 fully saturated rings. The predicted molar refractivity (Wildman–Crippen MR) is 50.5 cm³/mol. The highest BCUT2D eigenvalue weighted by molar-refractivity contribution is 4.98. The van der Waals surface area contributed by atoms with Gasteiger partial charge in [-0.05, 0) is 19.8 Å². The molecule has 0 spiro atoms. The molecule has 1 heterocycles. The third kappa shape index (κ3) is 1.91. The van der Waals surface area contributed by atoms with Gasteiger partial charge in [-0.2, -0.15) is 0 Å². The number of rotatable bonds is 4. The maximum absolute atomic E-state index is 5.21. The van der Waals surface area contributed by atoms with Crippen molar-refractivity contribution in [2.45, 2.75) is 26.3 Å². The van der Waals surface area contributed by atoms with Crippen LogP contribution in [0.4, 0.5) is 0 Å². The van der Waals surface area contributed by atoms with Crippen LogP contribution in [-0.2, 0) is 11.3 Å². The van der Waals surface area contributed by atoms with Crippen LogP contribution in [0.15, 0.2) is 12.5 Å². The predicted octanol–water partition coefficient (Wildman–Crippen LogP) is 1.62. The Bertz CT molecular complexity index is 289. The molecule has 0 unspecified atom stereocenters. The molecule has 1 aliphatic rings. The van der Waals surface area contributed by atoms with Crippen LogP contribution in [0.5, 0.6) is 0 Å². The molecule has 1 aromatic heterocycles. The number of methoxy groups -OCH3 is 1. The van der Waals surface area contributed by atoms with Gasteiger partial charge < -0.3 is 9.30 Å². The minimum absolute atomic E-state index is 0.419. The summed E-state index contributed by atoms with van der Waals surface area (Å²) in [6.45, 7) is 3.96. The Labute approximate surface area is 78.7 Å². The van der Waals surface area contributed by atoms with E-state index >= 15 is 0 Å². The van der Waals surface area contributed by atoms with E-state index < -0.39 is 0 Å². The van der Waals surface area contributed by atoms with Crippen molar-refractivity contribution in [2.24, 2.45) is 5.41 Å². The van der Waals surface area contributed by atoms with E-state index in [9.17, 15) is 0 Å². The maximum Gasteiger partial charge on any atom is 0.0949 e. The Morgan fingerprint density at radius 3 is 2.85 bits per heavy atom. The molecule has 2 rings (SSSR count). The van der Waals surface area contributed by atoms with Crippen molar-refractivity contribution in [1.29, 1.82) is 0 Å². The van der Waals surface area contributed by atoms with Crippen molar-refractivity contribution in [3.05, 3.63) is 18.2 Å². The monoisotopic (exact) mass is 180 g/mol. The summed E-state index contributed by atoms with van der Waals surface area (Å²) in [6, 6.07) is 0. The highest BCUT2D eigenvalue weighted by atomic mass is 16.5. The standard InChI is InChI=1S/C10H16N2O/c1-9-5-12(8-11-9)6-10(3-4-10)7-13-2/h5,8H,3-4,6-7H2,1-2H3. The van der Waals surface area contributed by atoms with Gasteiger partial charge in [-0.25, -0.2) is 4.98 Å². The molecule has 1 saturated carbocycles. The zero-order valence-electron chi connectivity index (χ0n) is 8.29. The Balaban J connectivity index is 1.98. The molecule has 72 valence electrons. The van der Waals surface area contributed by atoms with Gasteiger partial charge >= 0.3 is 0 Å². The number of nitrogens with zero attached hydrogens (tertiary/aromatic N) is 2. The highest BCUT2D eigenvalue weighted by Gasteiger charge is 2.42. The molecular weight excluding hydrogens is 164 g/mol. The summed E-state index contributed by atoms with van der Waals surface area (Å²) in [5, 5.41) is 0. The molecule has 0 N–H and O–H groups in total. The van der Waals surface area contributed by atoms with Gasteiger partial charge in [0.2, 0.25) is 0 Å². The summed E-state index contributed by atoms with van der Waals surface area (Å²) in [7, 11) is 1.78. The lowest BCUT2D eigenvalue weighted by Gasteiger charge is -2.13. The number of hydrogen-bond acceptors (Lipinski definition) is 2. The van der Waals surface area contributed by atoms with Crippen LogP contribution in [0.3, 0.4) is 0 Å². The number of aromatic nitrogens is 2. The summed E-state index contributed by atoms with van der Waals surface area (Å²) in [4.78, 5) is 4.21. The first-order chi connectivity index (χ1) is 6.24. The Hall–Kier alpha value is -0.830. The molecule has 0 saturated heterocycles. The van der Waals surface area contributed by atoms with Crippen LogP contribution in [0.1, 0.15) is 18.5 Å². The molecule has 1 aromatic rings. The zero-order valence-corrected chi connectivity index (χ0v) is 8.29. The topological polar surface area (TPSA) is 27.1 Å².